The van der Waals surface area contributed by atoms with Gasteiger partial charge in [-0.3, -0.25) is 14.4 Å². The van der Waals surface area contributed by atoms with Crippen LogP contribution in [0.4, 0.5) is 0 Å². The Hall–Kier alpha value is -2.93. The minimum absolute atomic E-state index is 0.0150. The number of carbonyl (C=O) groups is 3. The molecular weight excluding hydrogens is 380 g/mol. The summed E-state index contributed by atoms with van der Waals surface area (Å²) in [5.74, 6) is -0.114. The Morgan fingerprint density at radius 1 is 0.967 bits per heavy atom. The van der Waals surface area contributed by atoms with Gasteiger partial charge in [-0.05, 0) is 29.2 Å². The molecule has 1 aliphatic carbocycles. The van der Waals surface area contributed by atoms with Crippen molar-refractivity contribution in [3.63, 3.8) is 0 Å². The zero-order chi connectivity index (χ0) is 20.9. The van der Waals surface area contributed by atoms with E-state index in [1.165, 1.54) is 4.90 Å². The normalized spacial score (nSPS) is 17.0. The molecule has 0 bridgehead atoms. The monoisotopic (exact) mass is 409 g/mol. The Labute approximate surface area is 176 Å². The Morgan fingerprint density at radius 2 is 1.70 bits per heavy atom. The second-order valence-corrected chi connectivity index (χ2v) is 8.24. The maximum Gasteiger partial charge on any atom is 0.275 e. The maximum absolute atomic E-state index is 12.5. The molecule has 7 nitrogen and oxygen atoms in total. The van der Waals surface area contributed by atoms with E-state index in [1.54, 1.807) is 4.90 Å². The Bertz CT molecular complexity index is 928. The first-order valence-electron chi connectivity index (χ1n) is 10.7. The van der Waals surface area contributed by atoms with Crippen LogP contribution in [0.3, 0.4) is 0 Å². The Morgan fingerprint density at radius 3 is 2.47 bits per heavy atom. The lowest BCUT2D eigenvalue weighted by molar-refractivity contribution is -0.896. The third-order valence-electron chi connectivity index (χ3n) is 5.84. The number of carbonyl (C=O) groups excluding carboxylic acids is 3. The van der Waals surface area contributed by atoms with Crippen LogP contribution >= 0.6 is 0 Å². The van der Waals surface area contributed by atoms with Crippen molar-refractivity contribution in [1.29, 1.82) is 0 Å². The fourth-order valence-electron chi connectivity index (χ4n) is 3.95. The number of rotatable bonds is 7. The third kappa shape index (κ3) is 5.36. The summed E-state index contributed by atoms with van der Waals surface area (Å²) < 4.78 is 0. The van der Waals surface area contributed by atoms with E-state index in [2.05, 4.69) is 10.6 Å². The summed E-state index contributed by atoms with van der Waals surface area (Å²) in [6.07, 6.45) is 2.44. The van der Waals surface area contributed by atoms with Crippen molar-refractivity contribution in [2.75, 3.05) is 39.3 Å². The molecule has 1 saturated carbocycles. The number of benzene rings is 2. The van der Waals surface area contributed by atoms with Crippen LogP contribution in [0.15, 0.2) is 42.5 Å². The summed E-state index contributed by atoms with van der Waals surface area (Å²) in [6, 6.07) is 14.3. The van der Waals surface area contributed by atoms with Gasteiger partial charge >= 0.3 is 0 Å². The lowest BCUT2D eigenvalue weighted by Crippen LogP contribution is -3.15. The van der Waals surface area contributed by atoms with Crippen molar-refractivity contribution in [1.82, 2.24) is 15.5 Å². The lowest BCUT2D eigenvalue weighted by Gasteiger charge is -2.32. The molecule has 30 heavy (non-hydrogen) atoms. The second-order valence-electron chi connectivity index (χ2n) is 8.24. The molecule has 1 saturated heterocycles. The topological polar surface area (TPSA) is 83.0 Å². The quantitative estimate of drug-likeness (QED) is 0.577. The smallest absolute Gasteiger partial charge is 0.275 e. The largest absolute Gasteiger partial charge is 0.348 e. The molecule has 0 spiro atoms. The molecule has 4 rings (SSSR count). The molecule has 1 heterocycles. The number of hydrogen-bond acceptors (Lipinski definition) is 3. The predicted molar refractivity (Wildman–Crippen MR) is 114 cm³/mol. The van der Waals surface area contributed by atoms with Crippen molar-refractivity contribution >= 4 is 28.5 Å². The minimum atomic E-state index is -0.152. The summed E-state index contributed by atoms with van der Waals surface area (Å²) in [7, 11) is 0. The molecular formula is C23H29N4O3+. The second kappa shape index (κ2) is 9.26. The molecule has 2 aromatic carbocycles. The van der Waals surface area contributed by atoms with E-state index in [0.717, 1.165) is 42.3 Å². The molecule has 0 radical (unpaired) electrons. The Kier molecular flexibility index (Phi) is 6.28. The van der Waals surface area contributed by atoms with Crippen LogP contribution in [-0.4, -0.2) is 67.9 Å². The SMILES string of the molecule is O=C(Cc1cccc2ccccc12)NCC(=O)N1CC[NH+](CC(=O)NC2CC2)CC1. The Balaban J connectivity index is 1.20. The molecule has 2 aliphatic rings. The van der Waals surface area contributed by atoms with Gasteiger partial charge in [0.25, 0.3) is 5.91 Å². The predicted octanol–water partition coefficient (Wildman–Crippen LogP) is -0.496. The van der Waals surface area contributed by atoms with Crippen LogP contribution in [0.1, 0.15) is 18.4 Å². The summed E-state index contributed by atoms with van der Waals surface area (Å²) in [5.41, 5.74) is 0.958. The van der Waals surface area contributed by atoms with Gasteiger partial charge in [0.2, 0.25) is 11.8 Å². The van der Waals surface area contributed by atoms with Crippen LogP contribution in [0.5, 0.6) is 0 Å². The molecule has 2 aromatic rings. The van der Waals surface area contributed by atoms with E-state index in [9.17, 15) is 14.4 Å². The first-order chi connectivity index (χ1) is 14.6. The van der Waals surface area contributed by atoms with Gasteiger partial charge in [0.05, 0.1) is 39.1 Å². The van der Waals surface area contributed by atoms with Gasteiger partial charge in [0.1, 0.15) is 0 Å². The first kappa shape index (κ1) is 20.3. The molecule has 0 unspecified atom stereocenters. The number of piperazine rings is 1. The molecule has 1 aliphatic heterocycles. The van der Waals surface area contributed by atoms with E-state index in [-0.39, 0.29) is 30.7 Å². The molecule has 3 N–H and O–H groups in total. The number of nitrogens with zero attached hydrogens (tertiary/aromatic N) is 1. The summed E-state index contributed by atoms with van der Waals surface area (Å²) in [5, 5.41) is 7.94. The van der Waals surface area contributed by atoms with Crippen molar-refractivity contribution in [3.05, 3.63) is 48.0 Å². The van der Waals surface area contributed by atoms with Gasteiger partial charge in [-0.25, -0.2) is 0 Å². The van der Waals surface area contributed by atoms with Crippen LogP contribution in [0.25, 0.3) is 10.8 Å². The number of hydrogen-bond donors (Lipinski definition) is 3. The van der Waals surface area contributed by atoms with E-state index >= 15 is 0 Å². The maximum atomic E-state index is 12.5. The zero-order valence-electron chi connectivity index (χ0n) is 17.2. The van der Waals surface area contributed by atoms with Crippen molar-refractivity contribution < 1.29 is 19.3 Å². The highest BCUT2D eigenvalue weighted by atomic mass is 16.2. The summed E-state index contributed by atoms with van der Waals surface area (Å²) in [4.78, 5) is 39.8. The average Bonchev–Trinajstić information content (AvgIpc) is 3.56. The van der Waals surface area contributed by atoms with Gasteiger partial charge in [0, 0.05) is 6.04 Å². The van der Waals surface area contributed by atoms with Crippen LogP contribution in [0.2, 0.25) is 0 Å². The van der Waals surface area contributed by atoms with Crippen LogP contribution < -0.4 is 15.5 Å². The molecule has 3 amide bonds. The molecule has 7 heteroatoms. The number of amides is 3. The van der Waals surface area contributed by atoms with Crippen molar-refractivity contribution in [3.8, 4) is 0 Å². The molecule has 0 atom stereocenters. The van der Waals surface area contributed by atoms with Crippen LogP contribution in [-0.2, 0) is 20.8 Å². The third-order valence-corrected chi connectivity index (χ3v) is 5.84. The summed E-state index contributed by atoms with van der Waals surface area (Å²) in [6.45, 7) is 3.23. The van der Waals surface area contributed by atoms with Gasteiger partial charge in [-0.15, -0.1) is 0 Å². The number of fused-ring (bicyclic) bond motifs is 1. The zero-order valence-corrected chi connectivity index (χ0v) is 17.2. The standard InChI is InChI=1S/C23H28N4O3/c28-21(14-18-6-3-5-17-4-1-2-7-20(17)18)24-15-23(30)27-12-10-26(11-13-27)16-22(29)25-19-8-9-19/h1-7,19H,8-16H2,(H,24,28)(H,25,29)/p+1. The van der Waals surface area contributed by atoms with Crippen molar-refractivity contribution in [2.24, 2.45) is 0 Å². The van der Waals surface area contributed by atoms with Crippen LogP contribution in [0, 0.1) is 0 Å². The van der Waals surface area contributed by atoms with Gasteiger partial charge < -0.3 is 20.4 Å². The van der Waals surface area contributed by atoms with E-state index < -0.39 is 0 Å². The number of quaternary nitrogens is 1. The highest BCUT2D eigenvalue weighted by molar-refractivity contribution is 5.91. The average molecular weight is 410 g/mol. The first-order valence-corrected chi connectivity index (χ1v) is 10.7. The molecule has 2 fully saturated rings. The fourth-order valence-corrected chi connectivity index (χ4v) is 3.95. The lowest BCUT2D eigenvalue weighted by atomic mass is 10.0. The molecule has 0 aromatic heterocycles. The highest BCUT2D eigenvalue weighted by Crippen LogP contribution is 2.19. The summed E-state index contributed by atoms with van der Waals surface area (Å²) >= 11 is 0. The molecule has 158 valence electrons. The van der Waals surface area contributed by atoms with E-state index in [4.69, 9.17) is 0 Å². The highest BCUT2D eigenvalue weighted by Gasteiger charge is 2.28. The van der Waals surface area contributed by atoms with E-state index in [0.29, 0.717) is 25.7 Å². The fraction of sp³-hybridized carbons (Fsp3) is 0.435. The van der Waals surface area contributed by atoms with Gasteiger partial charge in [0.15, 0.2) is 6.54 Å². The van der Waals surface area contributed by atoms with Gasteiger partial charge in [-0.2, -0.15) is 0 Å². The number of nitrogens with one attached hydrogen (secondary N) is 3. The van der Waals surface area contributed by atoms with E-state index in [1.807, 2.05) is 42.5 Å². The van der Waals surface area contributed by atoms with Gasteiger partial charge in [-0.1, -0.05) is 42.5 Å². The van der Waals surface area contributed by atoms with Crippen molar-refractivity contribution in [2.45, 2.75) is 25.3 Å². The minimum Gasteiger partial charge on any atom is -0.348 e.